The molecule has 3 N–H and O–H groups in total. The Balaban J connectivity index is 2.01. The smallest absolute Gasteiger partial charge is 0.246 e. The number of carbonyl (C=O) groups is 1. The Kier molecular flexibility index (Phi) is 3.69. The number of amides is 1. The van der Waals surface area contributed by atoms with Crippen molar-refractivity contribution in [2.24, 2.45) is 5.73 Å². The molecule has 1 heterocycles. The van der Waals surface area contributed by atoms with Crippen molar-refractivity contribution < 1.29 is 9.32 Å². The molecule has 2 aromatic rings. The van der Waals surface area contributed by atoms with Gasteiger partial charge in [0.15, 0.2) is 0 Å². The van der Waals surface area contributed by atoms with Gasteiger partial charge in [-0.15, -0.1) is 0 Å². The molecule has 2 rings (SSSR count). The summed E-state index contributed by atoms with van der Waals surface area (Å²) >= 11 is 0. The van der Waals surface area contributed by atoms with E-state index >= 15 is 0 Å². The number of benzene rings is 1. The van der Waals surface area contributed by atoms with Gasteiger partial charge in [-0.2, -0.15) is 4.98 Å². The van der Waals surface area contributed by atoms with E-state index in [0.29, 0.717) is 11.7 Å². The molecule has 18 heavy (non-hydrogen) atoms. The number of rotatable bonds is 4. The minimum atomic E-state index is -0.554. The average Bonchev–Trinajstić information content (AvgIpc) is 2.85. The second-order valence-corrected chi connectivity index (χ2v) is 3.88. The number of nitrogens with zero attached hydrogens (tertiary/aromatic N) is 2. The van der Waals surface area contributed by atoms with Crippen LogP contribution in [0.1, 0.15) is 12.8 Å². The fourth-order valence-electron chi connectivity index (χ4n) is 1.35. The third-order valence-corrected chi connectivity index (χ3v) is 2.33. The van der Waals surface area contributed by atoms with Crippen molar-refractivity contribution >= 4 is 5.91 Å². The predicted molar refractivity (Wildman–Crippen MR) is 65.2 cm³/mol. The van der Waals surface area contributed by atoms with Crippen LogP contribution in [0.2, 0.25) is 0 Å². The van der Waals surface area contributed by atoms with E-state index in [1.54, 1.807) is 6.92 Å². The molecule has 6 nitrogen and oxygen atoms in total. The predicted octanol–water partition coefficient (Wildman–Crippen LogP) is 0.700. The number of nitrogens with two attached hydrogens (primary N) is 1. The first-order valence-corrected chi connectivity index (χ1v) is 5.58. The summed E-state index contributed by atoms with van der Waals surface area (Å²) in [6.07, 6.45) is 0. The topological polar surface area (TPSA) is 94.0 Å². The van der Waals surface area contributed by atoms with E-state index in [1.807, 2.05) is 30.3 Å². The van der Waals surface area contributed by atoms with E-state index < -0.39 is 6.04 Å². The van der Waals surface area contributed by atoms with Crippen LogP contribution >= 0.6 is 0 Å². The fourth-order valence-corrected chi connectivity index (χ4v) is 1.35. The van der Waals surface area contributed by atoms with Gasteiger partial charge in [-0.25, -0.2) is 0 Å². The van der Waals surface area contributed by atoms with Gasteiger partial charge in [0.05, 0.1) is 12.6 Å². The maximum Gasteiger partial charge on any atom is 0.246 e. The molecule has 1 aromatic carbocycles. The normalized spacial score (nSPS) is 12.1. The van der Waals surface area contributed by atoms with E-state index in [2.05, 4.69) is 15.5 Å². The lowest BCUT2D eigenvalue weighted by Gasteiger charge is -2.03. The number of nitrogens with one attached hydrogen (secondary N) is 1. The molecule has 6 heteroatoms. The average molecular weight is 246 g/mol. The van der Waals surface area contributed by atoms with Crippen molar-refractivity contribution in [1.29, 1.82) is 0 Å². The lowest BCUT2D eigenvalue weighted by molar-refractivity contribution is -0.122. The van der Waals surface area contributed by atoms with Crippen molar-refractivity contribution in [3.05, 3.63) is 36.2 Å². The quantitative estimate of drug-likeness (QED) is 0.828. The first kappa shape index (κ1) is 12.3. The van der Waals surface area contributed by atoms with Gasteiger partial charge in [-0.1, -0.05) is 35.5 Å². The van der Waals surface area contributed by atoms with E-state index in [0.717, 1.165) is 5.56 Å². The summed E-state index contributed by atoms with van der Waals surface area (Å²) in [6.45, 7) is 1.79. The van der Waals surface area contributed by atoms with Crippen LogP contribution in [0, 0.1) is 0 Å². The molecule has 0 spiro atoms. The third-order valence-electron chi connectivity index (χ3n) is 2.33. The standard InChI is InChI=1S/C12H14N4O2/c1-8(13)12(17)14-7-10-15-11(16-18-10)9-5-3-2-4-6-9/h2-6,8H,7,13H2,1H3,(H,14,17)/t8-/m1/s1. The Bertz CT molecular complexity index is 522. The molecule has 94 valence electrons. The second-order valence-electron chi connectivity index (χ2n) is 3.88. The van der Waals surface area contributed by atoms with Crippen molar-refractivity contribution in [3.63, 3.8) is 0 Å². The zero-order valence-electron chi connectivity index (χ0n) is 9.96. The molecule has 1 atom stereocenters. The van der Waals surface area contributed by atoms with Crippen LogP contribution in [-0.4, -0.2) is 22.1 Å². The van der Waals surface area contributed by atoms with Crippen LogP contribution in [0.5, 0.6) is 0 Å². The molecule has 1 amide bonds. The van der Waals surface area contributed by atoms with E-state index in [4.69, 9.17) is 10.3 Å². The van der Waals surface area contributed by atoms with Crippen molar-refractivity contribution in [2.75, 3.05) is 0 Å². The number of aromatic nitrogens is 2. The van der Waals surface area contributed by atoms with Crippen LogP contribution in [0.4, 0.5) is 0 Å². The monoisotopic (exact) mass is 246 g/mol. The van der Waals surface area contributed by atoms with Crippen LogP contribution in [0.15, 0.2) is 34.9 Å². The maximum absolute atomic E-state index is 11.3. The molecule has 0 saturated carbocycles. The van der Waals surface area contributed by atoms with Gasteiger partial charge in [-0.3, -0.25) is 4.79 Å². The lowest BCUT2D eigenvalue weighted by Crippen LogP contribution is -2.37. The Hall–Kier alpha value is -2.21. The minimum Gasteiger partial charge on any atom is -0.346 e. The highest BCUT2D eigenvalue weighted by atomic mass is 16.5. The summed E-state index contributed by atoms with van der Waals surface area (Å²) in [7, 11) is 0. The molecule has 0 aliphatic heterocycles. The van der Waals surface area contributed by atoms with Crippen molar-refractivity contribution in [1.82, 2.24) is 15.5 Å². The highest BCUT2D eigenvalue weighted by molar-refractivity contribution is 5.80. The number of hydrogen-bond donors (Lipinski definition) is 2. The zero-order valence-corrected chi connectivity index (χ0v) is 9.96. The Morgan fingerprint density at radius 2 is 2.17 bits per heavy atom. The summed E-state index contributed by atoms with van der Waals surface area (Å²) < 4.78 is 5.03. The third kappa shape index (κ3) is 2.92. The van der Waals surface area contributed by atoms with Crippen LogP contribution in [0.3, 0.4) is 0 Å². The molecular weight excluding hydrogens is 232 g/mol. The molecule has 0 aliphatic rings. The Morgan fingerprint density at radius 3 is 2.83 bits per heavy atom. The van der Waals surface area contributed by atoms with E-state index in [1.165, 1.54) is 0 Å². The fraction of sp³-hybridized carbons (Fsp3) is 0.250. The van der Waals surface area contributed by atoms with Crippen molar-refractivity contribution in [2.45, 2.75) is 19.5 Å². The molecule has 1 aromatic heterocycles. The van der Waals surface area contributed by atoms with Gasteiger partial charge in [0.25, 0.3) is 0 Å². The lowest BCUT2D eigenvalue weighted by atomic mass is 10.2. The highest BCUT2D eigenvalue weighted by Gasteiger charge is 2.11. The summed E-state index contributed by atoms with van der Waals surface area (Å²) in [5.74, 6) is 0.595. The Morgan fingerprint density at radius 1 is 1.44 bits per heavy atom. The Labute approximate surface area is 104 Å². The van der Waals surface area contributed by atoms with Crippen molar-refractivity contribution in [3.8, 4) is 11.4 Å². The van der Waals surface area contributed by atoms with Crippen LogP contribution in [-0.2, 0) is 11.3 Å². The molecule has 0 aliphatic carbocycles. The molecule has 0 radical (unpaired) electrons. The molecule has 0 saturated heterocycles. The summed E-state index contributed by atoms with van der Waals surface area (Å²) in [6, 6.07) is 8.91. The van der Waals surface area contributed by atoms with Gasteiger partial charge in [-0.05, 0) is 6.92 Å². The zero-order chi connectivity index (χ0) is 13.0. The minimum absolute atomic E-state index is 0.181. The van der Waals surface area contributed by atoms with Gasteiger partial charge in [0.1, 0.15) is 0 Å². The van der Waals surface area contributed by atoms with Crippen LogP contribution in [0.25, 0.3) is 11.4 Å². The first-order valence-electron chi connectivity index (χ1n) is 5.58. The number of carbonyl (C=O) groups excluding carboxylic acids is 1. The largest absolute Gasteiger partial charge is 0.346 e. The highest BCUT2D eigenvalue weighted by Crippen LogP contribution is 2.14. The second kappa shape index (κ2) is 5.42. The molecular formula is C12H14N4O2. The summed E-state index contributed by atoms with van der Waals surface area (Å²) in [5.41, 5.74) is 6.28. The van der Waals surface area contributed by atoms with E-state index in [9.17, 15) is 4.79 Å². The SMILES string of the molecule is C[C@@H](N)C(=O)NCc1nc(-c2ccccc2)no1. The molecule has 0 fully saturated rings. The van der Waals surface area contributed by atoms with E-state index in [-0.39, 0.29) is 12.5 Å². The molecule has 0 bridgehead atoms. The number of hydrogen-bond acceptors (Lipinski definition) is 5. The first-order chi connectivity index (χ1) is 8.66. The van der Waals surface area contributed by atoms with Gasteiger partial charge >= 0.3 is 0 Å². The van der Waals surface area contributed by atoms with Crippen LogP contribution < -0.4 is 11.1 Å². The van der Waals surface area contributed by atoms with Gasteiger partial charge < -0.3 is 15.6 Å². The summed E-state index contributed by atoms with van der Waals surface area (Å²) in [5, 5.41) is 6.44. The maximum atomic E-state index is 11.3. The van der Waals surface area contributed by atoms with Gasteiger partial charge in [0, 0.05) is 5.56 Å². The summed E-state index contributed by atoms with van der Waals surface area (Å²) in [4.78, 5) is 15.4. The molecule has 0 unspecified atom stereocenters. The van der Waals surface area contributed by atoms with Gasteiger partial charge in [0.2, 0.25) is 17.6 Å².